The van der Waals surface area contributed by atoms with Crippen LogP contribution in [-0.2, 0) is 4.79 Å². The summed E-state index contributed by atoms with van der Waals surface area (Å²) in [7, 11) is 0. The van der Waals surface area contributed by atoms with Gasteiger partial charge in [-0.1, -0.05) is 13.8 Å². The predicted molar refractivity (Wildman–Crippen MR) is 55.1 cm³/mol. The summed E-state index contributed by atoms with van der Waals surface area (Å²) >= 11 is 0. The van der Waals surface area contributed by atoms with Gasteiger partial charge in [0.15, 0.2) is 0 Å². The lowest BCUT2D eigenvalue weighted by Gasteiger charge is -2.36. The van der Waals surface area contributed by atoms with Gasteiger partial charge in [0.25, 0.3) is 0 Å². The van der Waals surface area contributed by atoms with Crippen LogP contribution in [0.15, 0.2) is 0 Å². The Balaban J connectivity index is 2.42. The van der Waals surface area contributed by atoms with Gasteiger partial charge in [0.05, 0.1) is 0 Å². The number of rotatable bonds is 3. The molecule has 1 rings (SSSR count). The molecule has 3 N–H and O–H groups in total. The quantitative estimate of drug-likeness (QED) is 0.697. The van der Waals surface area contributed by atoms with E-state index in [-0.39, 0.29) is 0 Å². The van der Waals surface area contributed by atoms with Crippen LogP contribution in [0.4, 0.5) is 0 Å². The zero-order chi connectivity index (χ0) is 10.8. The molecule has 0 saturated carbocycles. The Morgan fingerprint density at radius 1 is 1.50 bits per heavy atom. The van der Waals surface area contributed by atoms with Crippen molar-refractivity contribution in [3.63, 3.8) is 0 Å². The zero-order valence-electron chi connectivity index (χ0n) is 8.99. The fourth-order valence-electron chi connectivity index (χ4n) is 1.86. The Morgan fingerprint density at radius 2 is 2.00 bits per heavy atom. The summed E-state index contributed by atoms with van der Waals surface area (Å²) in [6, 6.07) is 0. The smallest absolute Gasteiger partial charge is 0.323 e. The highest BCUT2D eigenvalue weighted by Gasteiger charge is 2.37. The fourth-order valence-corrected chi connectivity index (χ4v) is 1.86. The number of hydrogen-bond acceptors (Lipinski definition) is 3. The summed E-state index contributed by atoms with van der Waals surface area (Å²) in [5.74, 6) is -0.230. The van der Waals surface area contributed by atoms with Gasteiger partial charge in [-0.05, 0) is 18.8 Å². The minimum atomic E-state index is -0.979. The van der Waals surface area contributed by atoms with Crippen LogP contribution >= 0.6 is 0 Å². The standard InChI is InChI=1S/C10H20N2O2/c1-8(2)7-12-5-3-10(11,4-6-12)9(13)14/h8H,3-7,11H2,1-2H3,(H,13,14). The molecule has 82 valence electrons. The summed E-state index contributed by atoms with van der Waals surface area (Å²) in [6.45, 7) is 6.99. The lowest BCUT2D eigenvalue weighted by atomic mass is 9.88. The van der Waals surface area contributed by atoms with E-state index >= 15 is 0 Å². The number of piperidine rings is 1. The van der Waals surface area contributed by atoms with Crippen molar-refractivity contribution in [2.24, 2.45) is 11.7 Å². The van der Waals surface area contributed by atoms with Crippen molar-refractivity contribution in [2.45, 2.75) is 32.2 Å². The van der Waals surface area contributed by atoms with E-state index in [0.29, 0.717) is 18.8 Å². The molecule has 1 fully saturated rings. The summed E-state index contributed by atoms with van der Waals surface area (Å²) in [5.41, 5.74) is 4.79. The van der Waals surface area contributed by atoms with Gasteiger partial charge in [0.1, 0.15) is 5.54 Å². The summed E-state index contributed by atoms with van der Waals surface area (Å²) in [6.07, 6.45) is 1.13. The maximum absolute atomic E-state index is 10.9. The molecular weight excluding hydrogens is 180 g/mol. The third-order valence-electron chi connectivity index (χ3n) is 2.80. The van der Waals surface area contributed by atoms with E-state index in [0.717, 1.165) is 19.6 Å². The Labute approximate surface area is 85.1 Å². The van der Waals surface area contributed by atoms with Crippen molar-refractivity contribution in [1.29, 1.82) is 0 Å². The first-order valence-electron chi connectivity index (χ1n) is 5.19. The van der Waals surface area contributed by atoms with Gasteiger partial charge in [0.2, 0.25) is 0 Å². The van der Waals surface area contributed by atoms with E-state index in [1.54, 1.807) is 0 Å². The van der Waals surface area contributed by atoms with E-state index in [1.165, 1.54) is 0 Å². The molecule has 1 aliphatic rings. The van der Waals surface area contributed by atoms with Crippen LogP contribution in [0.3, 0.4) is 0 Å². The number of hydrogen-bond donors (Lipinski definition) is 2. The number of carboxylic acid groups (broad SMARTS) is 1. The normalized spacial score (nSPS) is 22.6. The molecule has 1 saturated heterocycles. The van der Waals surface area contributed by atoms with Crippen molar-refractivity contribution in [3.05, 3.63) is 0 Å². The van der Waals surface area contributed by atoms with Crippen molar-refractivity contribution in [1.82, 2.24) is 4.90 Å². The van der Waals surface area contributed by atoms with Crippen LogP contribution in [0.2, 0.25) is 0 Å². The second-order valence-electron chi connectivity index (χ2n) is 4.66. The molecule has 0 spiro atoms. The molecule has 14 heavy (non-hydrogen) atoms. The van der Waals surface area contributed by atoms with Crippen LogP contribution < -0.4 is 5.73 Å². The molecule has 1 aliphatic heterocycles. The first kappa shape index (κ1) is 11.5. The van der Waals surface area contributed by atoms with E-state index in [1.807, 2.05) is 0 Å². The SMILES string of the molecule is CC(C)CN1CCC(N)(C(=O)O)CC1. The van der Waals surface area contributed by atoms with E-state index in [9.17, 15) is 4.79 Å². The number of carboxylic acids is 1. The van der Waals surface area contributed by atoms with Crippen LogP contribution in [0.25, 0.3) is 0 Å². The Hall–Kier alpha value is -0.610. The maximum atomic E-state index is 10.9. The highest BCUT2D eigenvalue weighted by Crippen LogP contribution is 2.20. The van der Waals surface area contributed by atoms with Gasteiger partial charge >= 0.3 is 5.97 Å². The average Bonchev–Trinajstić information content (AvgIpc) is 2.08. The predicted octanol–water partition coefficient (Wildman–Crippen LogP) is 0.520. The first-order chi connectivity index (χ1) is 6.44. The minimum absolute atomic E-state index is 0.565. The number of carbonyl (C=O) groups is 1. The highest BCUT2D eigenvalue weighted by atomic mass is 16.4. The largest absolute Gasteiger partial charge is 0.480 e. The molecule has 0 unspecified atom stereocenters. The average molecular weight is 200 g/mol. The van der Waals surface area contributed by atoms with Crippen molar-refractivity contribution < 1.29 is 9.90 Å². The fraction of sp³-hybridized carbons (Fsp3) is 0.900. The topological polar surface area (TPSA) is 66.6 Å². The number of likely N-dealkylation sites (tertiary alicyclic amines) is 1. The molecule has 4 nitrogen and oxygen atoms in total. The molecule has 0 aromatic heterocycles. The van der Waals surface area contributed by atoms with E-state index in [2.05, 4.69) is 18.7 Å². The molecule has 0 aromatic rings. The first-order valence-corrected chi connectivity index (χ1v) is 5.19. The van der Waals surface area contributed by atoms with Crippen LogP contribution in [0.5, 0.6) is 0 Å². The molecule has 1 heterocycles. The molecule has 4 heteroatoms. The molecule has 0 amide bonds. The summed E-state index contributed by atoms with van der Waals surface area (Å²) in [4.78, 5) is 13.2. The summed E-state index contributed by atoms with van der Waals surface area (Å²) < 4.78 is 0. The van der Waals surface area contributed by atoms with Gasteiger partial charge in [-0.3, -0.25) is 4.79 Å². The Bertz CT molecular complexity index is 208. The second kappa shape index (κ2) is 4.28. The van der Waals surface area contributed by atoms with Crippen LogP contribution in [-0.4, -0.2) is 41.1 Å². The van der Waals surface area contributed by atoms with Gasteiger partial charge in [0, 0.05) is 19.6 Å². The Morgan fingerprint density at radius 3 is 2.36 bits per heavy atom. The Kier molecular flexibility index (Phi) is 3.50. The maximum Gasteiger partial charge on any atom is 0.323 e. The molecular formula is C10H20N2O2. The van der Waals surface area contributed by atoms with E-state index in [4.69, 9.17) is 10.8 Å². The monoisotopic (exact) mass is 200 g/mol. The van der Waals surface area contributed by atoms with Crippen molar-refractivity contribution in [3.8, 4) is 0 Å². The van der Waals surface area contributed by atoms with Crippen LogP contribution in [0, 0.1) is 5.92 Å². The van der Waals surface area contributed by atoms with Gasteiger partial charge in [-0.2, -0.15) is 0 Å². The highest BCUT2D eigenvalue weighted by molar-refractivity contribution is 5.78. The lowest BCUT2D eigenvalue weighted by molar-refractivity contribution is -0.145. The van der Waals surface area contributed by atoms with Crippen molar-refractivity contribution in [2.75, 3.05) is 19.6 Å². The molecule has 0 aliphatic carbocycles. The third-order valence-corrected chi connectivity index (χ3v) is 2.80. The van der Waals surface area contributed by atoms with Gasteiger partial charge in [-0.15, -0.1) is 0 Å². The molecule has 0 radical (unpaired) electrons. The number of aliphatic carboxylic acids is 1. The lowest BCUT2D eigenvalue weighted by Crippen LogP contribution is -2.55. The number of nitrogens with two attached hydrogens (primary N) is 1. The van der Waals surface area contributed by atoms with Crippen LogP contribution in [0.1, 0.15) is 26.7 Å². The van der Waals surface area contributed by atoms with Crippen molar-refractivity contribution >= 4 is 5.97 Å². The van der Waals surface area contributed by atoms with Gasteiger partial charge in [-0.25, -0.2) is 0 Å². The zero-order valence-corrected chi connectivity index (χ0v) is 8.99. The minimum Gasteiger partial charge on any atom is -0.480 e. The van der Waals surface area contributed by atoms with Gasteiger partial charge < -0.3 is 15.7 Å². The second-order valence-corrected chi connectivity index (χ2v) is 4.66. The van der Waals surface area contributed by atoms with E-state index < -0.39 is 11.5 Å². The molecule has 0 atom stereocenters. The summed E-state index contributed by atoms with van der Waals surface area (Å²) in [5, 5.41) is 8.92. The number of nitrogens with zero attached hydrogens (tertiary/aromatic N) is 1. The molecule has 0 bridgehead atoms. The third kappa shape index (κ3) is 2.69. The molecule has 0 aromatic carbocycles.